The third-order valence-corrected chi connectivity index (χ3v) is 4.97. The molecule has 1 unspecified atom stereocenters. The summed E-state index contributed by atoms with van der Waals surface area (Å²) in [5, 5.41) is 9.15. The number of para-hydroxylation sites is 1. The zero-order valence-electron chi connectivity index (χ0n) is 10.0. The van der Waals surface area contributed by atoms with E-state index in [0.29, 0.717) is 17.7 Å². The Morgan fingerprint density at radius 2 is 2.11 bits per heavy atom. The van der Waals surface area contributed by atoms with Crippen molar-refractivity contribution in [2.24, 2.45) is 0 Å². The van der Waals surface area contributed by atoms with Gasteiger partial charge in [0.15, 0.2) is 0 Å². The lowest BCUT2D eigenvalue weighted by Crippen LogP contribution is -2.33. The number of benzene rings is 1. The summed E-state index contributed by atoms with van der Waals surface area (Å²) >= 11 is 0. The summed E-state index contributed by atoms with van der Waals surface area (Å²) in [6, 6.07) is 6.78. The van der Waals surface area contributed by atoms with Crippen molar-refractivity contribution >= 4 is 21.7 Å². The van der Waals surface area contributed by atoms with Crippen molar-refractivity contribution in [2.45, 2.75) is 19.3 Å². The fourth-order valence-corrected chi connectivity index (χ4v) is 3.79. The Hall–Kier alpha value is -1.56. The maximum Gasteiger partial charge on any atom is 0.312 e. The van der Waals surface area contributed by atoms with Gasteiger partial charge in [0.25, 0.3) is 0 Å². The lowest BCUT2D eigenvalue weighted by Gasteiger charge is -2.19. The average molecular weight is 269 g/mol. The molecule has 6 heteroatoms. The molecule has 1 atom stereocenters. The van der Waals surface area contributed by atoms with E-state index in [0.717, 1.165) is 0 Å². The van der Waals surface area contributed by atoms with Gasteiger partial charge < -0.3 is 5.11 Å². The Morgan fingerprint density at radius 3 is 2.72 bits per heavy atom. The van der Waals surface area contributed by atoms with E-state index in [2.05, 4.69) is 0 Å². The van der Waals surface area contributed by atoms with Crippen molar-refractivity contribution in [3.05, 3.63) is 29.8 Å². The van der Waals surface area contributed by atoms with Crippen LogP contribution in [0.4, 0.5) is 5.69 Å². The molecule has 1 heterocycles. The zero-order valence-corrected chi connectivity index (χ0v) is 10.9. The van der Waals surface area contributed by atoms with Crippen LogP contribution in [-0.2, 0) is 14.8 Å². The normalized spacial score (nSPS) is 18.7. The predicted octanol–water partition coefficient (Wildman–Crippen LogP) is 1.41. The summed E-state index contributed by atoms with van der Waals surface area (Å²) in [7, 11) is -3.42. The van der Waals surface area contributed by atoms with E-state index < -0.39 is 21.9 Å². The van der Waals surface area contributed by atoms with Gasteiger partial charge in [-0.1, -0.05) is 25.1 Å². The molecule has 98 valence electrons. The molecular weight excluding hydrogens is 254 g/mol. The van der Waals surface area contributed by atoms with Crippen molar-refractivity contribution in [3.63, 3.8) is 0 Å². The molecule has 0 saturated carbocycles. The van der Waals surface area contributed by atoms with Crippen molar-refractivity contribution in [2.75, 3.05) is 16.6 Å². The molecule has 0 aromatic heterocycles. The molecule has 1 N–H and O–H groups in total. The minimum atomic E-state index is -3.42. The number of aliphatic carboxylic acids is 1. The highest BCUT2D eigenvalue weighted by Crippen LogP contribution is 2.38. The highest BCUT2D eigenvalue weighted by Gasteiger charge is 2.38. The molecule has 0 bridgehead atoms. The number of hydrogen-bond donors (Lipinski definition) is 1. The lowest BCUT2D eigenvalue weighted by molar-refractivity contribution is -0.138. The van der Waals surface area contributed by atoms with E-state index in [-0.39, 0.29) is 12.3 Å². The molecule has 0 amide bonds. The van der Waals surface area contributed by atoms with Gasteiger partial charge in [-0.05, 0) is 18.1 Å². The quantitative estimate of drug-likeness (QED) is 0.897. The van der Waals surface area contributed by atoms with Gasteiger partial charge in [0, 0.05) is 0 Å². The SMILES string of the molecule is CCCS(=O)(=O)N1CC(C(=O)O)c2ccccc21. The van der Waals surface area contributed by atoms with Crippen LogP contribution in [0.25, 0.3) is 0 Å². The molecule has 1 aromatic carbocycles. The smallest absolute Gasteiger partial charge is 0.312 e. The van der Waals surface area contributed by atoms with Gasteiger partial charge in [-0.2, -0.15) is 0 Å². The van der Waals surface area contributed by atoms with Crippen LogP contribution in [0, 0.1) is 0 Å². The number of carboxylic acids is 1. The van der Waals surface area contributed by atoms with E-state index >= 15 is 0 Å². The molecule has 0 aliphatic carbocycles. The first-order valence-electron chi connectivity index (χ1n) is 5.79. The third kappa shape index (κ3) is 2.08. The van der Waals surface area contributed by atoms with Gasteiger partial charge in [0.2, 0.25) is 10.0 Å². The van der Waals surface area contributed by atoms with Gasteiger partial charge >= 0.3 is 5.97 Å². The summed E-state index contributed by atoms with van der Waals surface area (Å²) in [5.74, 6) is -1.72. The lowest BCUT2D eigenvalue weighted by atomic mass is 10.0. The van der Waals surface area contributed by atoms with Gasteiger partial charge in [-0.15, -0.1) is 0 Å². The van der Waals surface area contributed by atoms with Crippen LogP contribution in [0.1, 0.15) is 24.8 Å². The van der Waals surface area contributed by atoms with Gasteiger partial charge in [-0.25, -0.2) is 8.42 Å². The van der Waals surface area contributed by atoms with Crippen molar-refractivity contribution in [1.82, 2.24) is 0 Å². The largest absolute Gasteiger partial charge is 0.481 e. The molecule has 1 aliphatic rings. The minimum Gasteiger partial charge on any atom is -0.481 e. The summed E-state index contributed by atoms with van der Waals surface area (Å²) in [5.41, 5.74) is 1.07. The summed E-state index contributed by atoms with van der Waals surface area (Å²) in [4.78, 5) is 11.2. The average Bonchev–Trinajstić information content (AvgIpc) is 2.69. The molecule has 0 fully saturated rings. The molecule has 1 aromatic rings. The minimum absolute atomic E-state index is 0.00296. The first-order valence-corrected chi connectivity index (χ1v) is 7.40. The van der Waals surface area contributed by atoms with Crippen LogP contribution in [0.3, 0.4) is 0 Å². The first-order chi connectivity index (χ1) is 8.47. The summed E-state index contributed by atoms with van der Waals surface area (Å²) in [6.07, 6.45) is 0.513. The Kier molecular flexibility index (Phi) is 3.30. The maximum atomic E-state index is 12.1. The number of carboxylic acid groups (broad SMARTS) is 1. The van der Waals surface area contributed by atoms with Crippen LogP contribution in [-0.4, -0.2) is 31.8 Å². The van der Waals surface area contributed by atoms with Gasteiger partial charge in [0.05, 0.1) is 18.0 Å². The Bertz CT molecular complexity index is 567. The molecule has 0 spiro atoms. The molecule has 18 heavy (non-hydrogen) atoms. The van der Waals surface area contributed by atoms with Crippen LogP contribution >= 0.6 is 0 Å². The van der Waals surface area contributed by atoms with E-state index in [1.807, 2.05) is 0 Å². The molecule has 0 saturated heterocycles. The Labute approximate surface area is 106 Å². The third-order valence-electron chi connectivity index (χ3n) is 3.03. The van der Waals surface area contributed by atoms with Crippen LogP contribution < -0.4 is 4.31 Å². The summed E-state index contributed by atoms with van der Waals surface area (Å²) in [6.45, 7) is 1.78. The maximum absolute atomic E-state index is 12.1. The van der Waals surface area contributed by atoms with E-state index in [1.165, 1.54) is 4.31 Å². The van der Waals surface area contributed by atoms with Crippen molar-refractivity contribution in [3.8, 4) is 0 Å². The number of rotatable bonds is 4. The van der Waals surface area contributed by atoms with Crippen LogP contribution in [0.2, 0.25) is 0 Å². The van der Waals surface area contributed by atoms with E-state index in [1.54, 1.807) is 31.2 Å². The second-order valence-electron chi connectivity index (χ2n) is 4.30. The fourth-order valence-electron chi connectivity index (χ4n) is 2.21. The number of sulfonamides is 1. The van der Waals surface area contributed by atoms with Crippen molar-refractivity contribution < 1.29 is 18.3 Å². The molecular formula is C12H15NO4S. The van der Waals surface area contributed by atoms with Crippen molar-refractivity contribution in [1.29, 1.82) is 0 Å². The molecule has 2 rings (SSSR count). The highest BCUT2D eigenvalue weighted by molar-refractivity contribution is 7.92. The predicted molar refractivity (Wildman–Crippen MR) is 68.2 cm³/mol. The number of anilines is 1. The molecule has 0 radical (unpaired) electrons. The zero-order chi connectivity index (χ0) is 13.3. The molecule has 5 nitrogen and oxygen atoms in total. The summed E-state index contributed by atoms with van der Waals surface area (Å²) < 4.78 is 25.4. The Balaban J connectivity index is 2.46. The number of hydrogen-bond acceptors (Lipinski definition) is 3. The second-order valence-corrected chi connectivity index (χ2v) is 6.31. The highest BCUT2D eigenvalue weighted by atomic mass is 32.2. The number of nitrogens with zero attached hydrogens (tertiary/aromatic N) is 1. The second kappa shape index (κ2) is 4.61. The first kappa shape index (κ1) is 12.9. The van der Waals surface area contributed by atoms with E-state index in [9.17, 15) is 13.2 Å². The standard InChI is InChI=1S/C12H15NO4S/c1-2-7-18(16,17)13-8-10(12(14)15)9-5-3-4-6-11(9)13/h3-6,10H,2,7-8H2,1H3,(H,14,15). The van der Waals surface area contributed by atoms with E-state index in [4.69, 9.17) is 5.11 Å². The fraction of sp³-hybridized carbons (Fsp3) is 0.417. The van der Waals surface area contributed by atoms with Gasteiger partial charge in [-0.3, -0.25) is 9.10 Å². The topological polar surface area (TPSA) is 74.7 Å². The monoisotopic (exact) mass is 269 g/mol. The molecule has 1 aliphatic heterocycles. The van der Waals surface area contributed by atoms with Crippen LogP contribution in [0.15, 0.2) is 24.3 Å². The number of fused-ring (bicyclic) bond motifs is 1. The van der Waals surface area contributed by atoms with Gasteiger partial charge in [0.1, 0.15) is 5.92 Å². The van der Waals surface area contributed by atoms with Crippen LogP contribution in [0.5, 0.6) is 0 Å². The number of carbonyl (C=O) groups is 1. The Morgan fingerprint density at radius 1 is 1.44 bits per heavy atom.